The number of rotatable bonds is 4. The van der Waals surface area contributed by atoms with Crippen LogP contribution in [0.4, 0.5) is 10.2 Å². The Labute approximate surface area is 132 Å². The molecular formula is C16H19FN4O2. The molecule has 0 aliphatic heterocycles. The predicted molar refractivity (Wildman–Crippen MR) is 83.2 cm³/mol. The van der Waals surface area contributed by atoms with E-state index in [0.29, 0.717) is 41.1 Å². The number of fused-ring (bicyclic) bond motifs is 1. The largest absolute Gasteiger partial charge is 0.442 e. The van der Waals surface area contributed by atoms with Gasteiger partial charge in [-0.3, -0.25) is 4.79 Å². The van der Waals surface area contributed by atoms with Crippen LogP contribution in [0.3, 0.4) is 0 Å². The van der Waals surface area contributed by atoms with Gasteiger partial charge >= 0.3 is 0 Å². The Balaban J connectivity index is 1.69. The van der Waals surface area contributed by atoms with Gasteiger partial charge < -0.3 is 15.1 Å². The van der Waals surface area contributed by atoms with E-state index >= 15 is 0 Å². The summed E-state index contributed by atoms with van der Waals surface area (Å²) in [7, 11) is 0. The van der Waals surface area contributed by atoms with E-state index in [2.05, 4.69) is 27.5 Å². The van der Waals surface area contributed by atoms with Crippen LogP contribution in [-0.2, 0) is 0 Å². The average Bonchev–Trinajstić information content (AvgIpc) is 3.06. The number of carbonyl (C=O) groups excluding carboxylic acids is 1. The number of alkyl halides is 1. The summed E-state index contributed by atoms with van der Waals surface area (Å²) in [6, 6.07) is -0.108. The molecule has 2 N–H and O–H groups in total. The first-order valence-corrected chi connectivity index (χ1v) is 7.92. The van der Waals surface area contributed by atoms with Crippen molar-refractivity contribution in [2.24, 2.45) is 0 Å². The van der Waals surface area contributed by atoms with E-state index in [9.17, 15) is 9.18 Å². The van der Waals surface area contributed by atoms with Crippen molar-refractivity contribution in [1.82, 2.24) is 15.3 Å². The van der Waals surface area contributed by atoms with Gasteiger partial charge in [0.2, 0.25) is 5.71 Å². The number of amides is 1. The molecule has 2 saturated carbocycles. The molecule has 0 saturated heterocycles. The first kappa shape index (κ1) is 14.4. The van der Waals surface area contributed by atoms with Gasteiger partial charge in [0.25, 0.3) is 5.91 Å². The third-order valence-electron chi connectivity index (χ3n) is 4.73. The van der Waals surface area contributed by atoms with Crippen molar-refractivity contribution < 1.29 is 13.6 Å². The lowest BCUT2D eigenvalue weighted by molar-refractivity contribution is 0.0860. The predicted octanol–water partition coefficient (Wildman–Crippen LogP) is 2.73. The van der Waals surface area contributed by atoms with Gasteiger partial charge in [-0.1, -0.05) is 0 Å². The number of aryl methyl sites for hydroxylation is 1. The second-order valence-electron chi connectivity index (χ2n) is 6.86. The number of nitrogens with zero attached hydrogens (tertiary/aromatic N) is 2. The highest BCUT2D eigenvalue weighted by atomic mass is 19.1. The summed E-state index contributed by atoms with van der Waals surface area (Å²) in [5, 5.41) is 6.85. The number of anilines is 1. The third-order valence-corrected chi connectivity index (χ3v) is 4.73. The van der Waals surface area contributed by atoms with E-state index in [1.807, 2.05) is 0 Å². The van der Waals surface area contributed by atoms with E-state index in [0.717, 1.165) is 12.8 Å². The van der Waals surface area contributed by atoms with Crippen molar-refractivity contribution in [2.45, 2.75) is 57.3 Å². The van der Waals surface area contributed by atoms with Crippen molar-refractivity contribution in [3.63, 3.8) is 0 Å². The van der Waals surface area contributed by atoms with E-state index in [1.165, 1.54) is 6.33 Å². The van der Waals surface area contributed by atoms with Crippen LogP contribution >= 0.6 is 0 Å². The van der Waals surface area contributed by atoms with Crippen LogP contribution in [0, 0.1) is 6.92 Å². The van der Waals surface area contributed by atoms with E-state index in [4.69, 9.17) is 4.42 Å². The van der Waals surface area contributed by atoms with Crippen molar-refractivity contribution in [2.75, 3.05) is 5.32 Å². The molecule has 1 amide bonds. The maximum Gasteiger partial charge on any atom is 0.255 e. The summed E-state index contributed by atoms with van der Waals surface area (Å²) >= 11 is 0. The Kier molecular flexibility index (Phi) is 3.08. The van der Waals surface area contributed by atoms with Crippen LogP contribution in [0.25, 0.3) is 11.1 Å². The number of hydrogen-bond acceptors (Lipinski definition) is 5. The maximum atomic E-state index is 12.9. The fraction of sp³-hybridized carbons (Fsp3) is 0.562. The lowest BCUT2D eigenvalue weighted by atomic mass is 9.90. The first-order chi connectivity index (χ1) is 11.0. The zero-order chi connectivity index (χ0) is 16.2. The molecule has 0 radical (unpaired) electrons. The Morgan fingerprint density at radius 3 is 2.78 bits per heavy atom. The van der Waals surface area contributed by atoms with Gasteiger partial charge in [0, 0.05) is 11.6 Å². The molecule has 2 fully saturated rings. The lowest BCUT2D eigenvalue weighted by Crippen LogP contribution is -2.45. The number of halogens is 1. The van der Waals surface area contributed by atoms with Crippen molar-refractivity contribution in [3.8, 4) is 0 Å². The van der Waals surface area contributed by atoms with Gasteiger partial charge in [-0.25, -0.2) is 14.4 Å². The highest BCUT2D eigenvalue weighted by Crippen LogP contribution is 2.40. The Hall–Kier alpha value is -2.18. The van der Waals surface area contributed by atoms with Gasteiger partial charge in [0.1, 0.15) is 24.1 Å². The summed E-state index contributed by atoms with van der Waals surface area (Å²) in [5.74, 6) is 0.865. The molecule has 122 valence electrons. The molecule has 2 aromatic rings. The average molecular weight is 318 g/mol. The molecule has 0 bridgehead atoms. The fourth-order valence-corrected chi connectivity index (χ4v) is 2.93. The molecule has 0 unspecified atom stereocenters. The molecule has 0 atom stereocenters. The first-order valence-electron chi connectivity index (χ1n) is 7.92. The molecule has 2 aliphatic carbocycles. The molecule has 6 nitrogen and oxygen atoms in total. The van der Waals surface area contributed by atoms with Gasteiger partial charge in [-0.2, -0.15) is 0 Å². The number of nitrogens with one attached hydrogen (secondary N) is 2. The van der Waals surface area contributed by atoms with Crippen LogP contribution in [0.1, 0.15) is 48.7 Å². The summed E-state index contributed by atoms with van der Waals surface area (Å²) < 4.78 is 18.6. The van der Waals surface area contributed by atoms with Crippen LogP contribution < -0.4 is 10.6 Å². The van der Waals surface area contributed by atoms with E-state index in [-0.39, 0.29) is 17.5 Å². The molecule has 0 spiro atoms. The highest BCUT2D eigenvalue weighted by molar-refractivity contribution is 6.10. The molecule has 0 aromatic carbocycles. The summed E-state index contributed by atoms with van der Waals surface area (Å²) in [4.78, 5) is 21.0. The van der Waals surface area contributed by atoms with Crippen molar-refractivity contribution >= 4 is 22.8 Å². The van der Waals surface area contributed by atoms with Gasteiger partial charge in [-0.05, 0) is 39.5 Å². The Morgan fingerprint density at radius 2 is 2.13 bits per heavy atom. The number of furan rings is 1. The third kappa shape index (κ3) is 2.54. The zero-order valence-electron chi connectivity index (χ0n) is 13.1. The number of carbonyl (C=O) groups is 1. The van der Waals surface area contributed by atoms with Crippen LogP contribution in [0.5, 0.6) is 0 Å². The summed E-state index contributed by atoms with van der Waals surface area (Å²) in [6.07, 6.45) is 3.51. The normalized spacial score (nSPS) is 25.0. The minimum absolute atomic E-state index is 0.0234. The van der Waals surface area contributed by atoms with E-state index in [1.54, 1.807) is 6.92 Å². The fourth-order valence-electron chi connectivity index (χ4n) is 2.93. The molecule has 2 aromatic heterocycles. The smallest absolute Gasteiger partial charge is 0.255 e. The summed E-state index contributed by atoms with van der Waals surface area (Å²) in [5.41, 5.74) is 0.858. The molecular weight excluding hydrogens is 299 g/mol. The molecule has 7 heteroatoms. The van der Waals surface area contributed by atoms with E-state index < -0.39 is 6.17 Å². The molecule has 2 aliphatic rings. The van der Waals surface area contributed by atoms with Crippen molar-refractivity contribution in [3.05, 3.63) is 17.7 Å². The number of aromatic nitrogens is 2. The molecule has 23 heavy (non-hydrogen) atoms. The van der Waals surface area contributed by atoms with Gasteiger partial charge in [-0.15, -0.1) is 0 Å². The summed E-state index contributed by atoms with van der Waals surface area (Å²) in [6.45, 7) is 3.85. The number of hydrogen-bond donors (Lipinski definition) is 2. The second kappa shape index (κ2) is 4.91. The van der Waals surface area contributed by atoms with Crippen LogP contribution in [-0.4, -0.2) is 33.6 Å². The molecule has 2 heterocycles. The Bertz CT molecular complexity index is 778. The van der Waals surface area contributed by atoms with Gasteiger partial charge in [0.15, 0.2) is 0 Å². The van der Waals surface area contributed by atoms with Crippen LogP contribution in [0.2, 0.25) is 0 Å². The highest BCUT2D eigenvalue weighted by Gasteiger charge is 2.39. The monoisotopic (exact) mass is 318 g/mol. The van der Waals surface area contributed by atoms with Gasteiger partial charge in [0.05, 0.1) is 10.9 Å². The standard InChI is InChI=1S/C16H19FN4O2/c1-8-11(14(22)20-10-5-9(17)6-10)12-13(21-16(2)3-4-16)18-7-19-15(12)23-8/h7,9-10H,3-6H2,1-2H3,(H,20,22)(H,18,19,21)/t9-,10-. The lowest BCUT2D eigenvalue weighted by Gasteiger charge is -2.30. The zero-order valence-corrected chi connectivity index (χ0v) is 13.1. The van der Waals surface area contributed by atoms with Crippen LogP contribution in [0.15, 0.2) is 10.7 Å². The minimum atomic E-state index is -0.808. The molecule has 4 rings (SSSR count). The topological polar surface area (TPSA) is 80.1 Å². The maximum absolute atomic E-state index is 12.9. The Morgan fingerprint density at radius 1 is 1.39 bits per heavy atom. The minimum Gasteiger partial charge on any atom is -0.442 e. The second-order valence-corrected chi connectivity index (χ2v) is 6.86. The van der Waals surface area contributed by atoms with Crippen molar-refractivity contribution in [1.29, 1.82) is 0 Å². The quantitative estimate of drug-likeness (QED) is 0.906. The SMILES string of the molecule is Cc1oc2ncnc(NC3(C)CC3)c2c1C(=O)N[C@H]1C[C@H](F)C1.